The molecule has 82 valence electrons. The maximum atomic E-state index is 10.6. The Bertz CT molecular complexity index is 330. The van der Waals surface area contributed by atoms with E-state index in [2.05, 4.69) is 41.9 Å². The van der Waals surface area contributed by atoms with Crippen molar-refractivity contribution in [3.63, 3.8) is 0 Å². The number of rotatable bonds is 4. The van der Waals surface area contributed by atoms with E-state index in [1.165, 1.54) is 5.56 Å². The summed E-state index contributed by atoms with van der Waals surface area (Å²) in [6.45, 7) is 4.28. The molecule has 3 heteroatoms. The van der Waals surface area contributed by atoms with Crippen molar-refractivity contribution in [3.05, 3.63) is 35.4 Å². The summed E-state index contributed by atoms with van der Waals surface area (Å²) in [5.74, 6) is -0.304. The molecular formula is C12H15BrO2. The van der Waals surface area contributed by atoms with Gasteiger partial charge >= 0.3 is 5.97 Å². The summed E-state index contributed by atoms with van der Waals surface area (Å²) >= 11 is 3.13. The van der Waals surface area contributed by atoms with Gasteiger partial charge in [-0.15, -0.1) is 0 Å². The molecule has 1 N–H and O–H groups in total. The largest absolute Gasteiger partial charge is 0.480 e. The van der Waals surface area contributed by atoms with Crippen LogP contribution >= 0.6 is 15.9 Å². The molecule has 0 fully saturated rings. The smallest absolute Gasteiger partial charge is 0.317 e. The summed E-state index contributed by atoms with van der Waals surface area (Å²) < 4.78 is 0. The molecule has 0 aromatic heterocycles. The molecule has 0 aliphatic heterocycles. The van der Waals surface area contributed by atoms with Gasteiger partial charge in [0.15, 0.2) is 0 Å². The third-order valence-corrected chi connectivity index (χ3v) is 3.04. The van der Waals surface area contributed by atoms with Gasteiger partial charge in [0.05, 0.1) is 0 Å². The molecule has 1 aromatic carbocycles. The van der Waals surface area contributed by atoms with E-state index in [0.29, 0.717) is 12.3 Å². The van der Waals surface area contributed by atoms with Crippen LogP contribution in [0, 0.1) is 0 Å². The monoisotopic (exact) mass is 270 g/mol. The van der Waals surface area contributed by atoms with Gasteiger partial charge in [0.1, 0.15) is 4.83 Å². The lowest BCUT2D eigenvalue weighted by molar-refractivity contribution is -0.136. The van der Waals surface area contributed by atoms with E-state index in [9.17, 15) is 4.79 Å². The average molecular weight is 271 g/mol. The number of carboxylic acid groups (broad SMARTS) is 1. The molecule has 2 nitrogen and oxygen atoms in total. The fraction of sp³-hybridized carbons (Fsp3) is 0.417. The second-order valence-corrected chi connectivity index (χ2v) is 5.01. The van der Waals surface area contributed by atoms with Crippen molar-refractivity contribution in [2.75, 3.05) is 0 Å². The minimum atomic E-state index is -0.817. The van der Waals surface area contributed by atoms with Crippen molar-refractivity contribution < 1.29 is 9.90 Å². The van der Waals surface area contributed by atoms with E-state index in [-0.39, 0.29) is 0 Å². The maximum Gasteiger partial charge on any atom is 0.317 e. The summed E-state index contributed by atoms with van der Waals surface area (Å²) in [7, 11) is 0. The maximum absolute atomic E-state index is 10.6. The number of carboxylic acids is 1. The molecule has 0 unspecified atom stereocenters. The Morgan fingerprint density at radius 1 is 1.33 bits per heavy atom. The molecule has 1 aromatic rings. The van der Waals surface area contributed by atoms with Crippen LogP contribution in [-0.2, 0) is 11.2 Å². The number of carbonyl (C=O) groups is 1. The number of hydrogen-bond acceptors (Lipinski definition) is 1. The van der Waals surface area contributed by atoms with Gasteiger partial charge in [0.25, 0.3) is 0 Å². The minimum Gasteiger partial charge on any atom is -0.480 e. The third kappa shape index (κ3) is 3.67. The first-order valence-corrected chi connectivity index (χ1v) is 5.88. The molecule has 0 aliphatic carbocycles. The van der Waals surface area contributed by atoms with E-state index in [4.69, 9.17) is 5.11 Å². The van der Waals surface area contributed by atoms with Gasteiger partial charge in [-0.3, -0.25) is 4.79 Å². The molecule has 0 saturated carbocycles. The molecule has 0 saturated heterocycles. The highest BCUT2D eigenvalue weighted by atomic mass is 79.9. The zero-order valence-electron chi connectivity index (χ0n) is 8.90. The van der Waals surface area contributed by atoms with E-state index in [1.54, 1.807) is 0 Å². The lowest BCUT2D eigenvalue weighted by Crippen LogP contribution is -2.15. The van der Waals surface area contributed by atoms with Crippen molar-refractivity contribution in [1.82, 2.24) is 0 Å². The molecule has 0 amide bonds. The third-order valence-electron chi connectivity index (χ3n) is 2.33. The molecule has 1 atom stereocenters. The molecule has 0 spiro atoms. The highest BCUT2D eigenvalue weighted by Gasteiger charge is 2.13. The quantitative estimate of drug-likeness (QED) is 0.854. The van der Waals surface area contributed by atoms with Crippen LogP contribution in [0.15, 0.2) is 24.3 Å². The van der Waals surface area contributed by atoms with Crippen LogP contribution < -0.4 is 0 Å². The summed E-state index contributed by atoms with van der Waals surface area (Å²) in [5.41, 5.74) is 2.32. The normalized spacial score (nSPS) is 12.8. The van der Waals surface area contributed by atoms with Crippen molar-refractivity contribution in [1.29, 1.82) is 0 Å². The van der Waals surface area contributed by atoms with E-state index >= 15 is 0 Å². The van der Waals surface area contributed by atoms with Crippen LogP contribution in [0.4, 0.5) is 0 Å². The van der Waals surface area contributed by atoms with Crippen molar-refractivity contribution in [2.45, 2.75) is 31.0 Å². The Morgan fingerprint density at radius 2 is 1.87 bits per heavy atom. The van der Waals surface area contributed by atoms with Crippen LogP contribution in [0.5, 0.6) is 0 Å². The van der Waals surface area contributed by atoms with Crippen LogP contribution in [0.2, 0.25) is 0 Å². The summed E-state index contributed by atoms with van der Waals surface area (Å²) in [5, 5.41) is 8.74. The highest BCUT2D eigenvalue weighted by Crippen LogP contribution is 2.16. The second kappa shape index (κ2) is 5.31. The van der Waals surface area contributed by atoms with Crippen LogP contribution in [0.3, 0.4) is 0 Å². The fourth-order valence-corrected chi connectivity index (χ4v) is 1.71. The predicted octanol–water partition coefficient (Wildman–Crippen LogP) is 3.20. The highest BCUT2D eigenvalue weighted by molar-refractivity contribution is 9.10. The lowest BCUT2D eigenvalue weighted by Gasteiger charge is -2.08. The molecule has 0 bridgehead atoms. The van der Waals surface area contributed by atoms with Gasteiger partial charge in [-0.1, -0.05) is 54.0 Å². The van der Waals surface area contributed by atoms with Crippen molar-refractivity contribution >= 4 is 21.9 Å². The molecule has 0 radical (unpaired) electrons. The molecule has 15 heavy (non-hydrogen) atoms. The SMILES string of the molecule is CC(C)c1ccc(C[C@H](Br)C(=O)O)cc1. The minimum absolute atomic E-state index is 0.498. The first-order valence-electron chi connectivity index (χ1n) is 4.96. The molecule has 1 rings (SSSR count). The van der Waals surface area contributed by atoms with E-state index in [0.717, 1.165) is 5.56 Å². The Kier molecular flexibility index (Phi) is 4.33. The molecular weight excluding hydrogens is 256 g/mol. The zero-order valence-corrected chi connectivity index (χ0v) is 10.5. The van der Waals surface area contributed by atoms with Gasteiger partial charge in [-0.25, -0.2) is 0 Å². The number of aliphatic carboxylic acids is 1. The van der Waals surface area contributed by atoms with Gasteiger partial charge in [0.2, 0.25) is 0 Å². The summed E-state index contributed by atoms with van der Waals surface area (Å²) in [6.07, 6.45) is 0.522. The lowest BCUT2D eigenvalue weighted by atomic mass is 10.0. The van der Waals surface area contributed by atoms with Crippen molar-refractivity contribution in [2.24, 2.45) is 0 Å². The Morgan fingerprint density at radius 3 is 2.27 bits per heavy atom. The predicted molar refractivity (Wildman–Crippen MR) is 64.6 cm³/mol. The van der Waals surface area contributed by atoms with Gasteiger partial charge in [-0.05, 0) is 23.5 Å². The molecule has 0 heterocycles. The number of alkyl halides is 1. The van der Waals surface area contributed by atoms with Gasteiger partial charge < -0.3 is 5.11 Å². The van der Waals surface area contributed by atoms with Crippen LogP contribution in [0.1, 0.15) is 30.9 Å². The second-order valence-electron chi connectivity index (χ2n) is 3.91. The number of benzene rings is 1. The van der Waals surface area contributed by atoms with E-state index in [1.807, 2.05) is 12.1 Å². The first-order chi connectivity index (χ1) is 7.00. The fourth-order valence-electron chi connectivity index (χ4n) is 1.33. The zero-order chi connectivity index (χ0) is 11.4. The van der Waals surface area contributed by atoms with E-state index < -0.39 is 10.8 Å². The Labute approximate surface area is 98.4 Å². The molecule has 0 aliphatic rings. The Balaban J connectivity index is 2.68. The Hall–Kier alpha value is -0.830. The summed E-state index contributed by atoms with van der Waals surface area (Å²) in [6, 6.07) is 8.10. The van der Waals surface area contributed by atoms with Crippen molar-refractivity contribution in [3.8, 4) is 0 Å². The first kappa shape index (κ1) is 12.2. The topological polar surface area (TPSA) is 37.3 Å². The average Bonchev–Trinajstić information content (AvgIpc) is 2.18. The van der Waals surface area contributed by atoms with Gasteiger partial charge in [-0.2, -0.15) is 0 Å². The standard InChI is InChI=1S/C12H15BrO2/c1-8(2)10-5-3-9(4-6-10)7-11(13)12(14)15/h3-6,8,11H,7H2,1-2H3,(H,14,15)/t11-/m0/s1. The van der Waals surface area contributed by atoms with Crippen LogP contribution in [-0.4, -0.2) is 15.9 Å². The van der Waals surface area contributed by atoms with Gasteiger partial charge in [0, 0.05) is 0 Å². The number of hydrogen-bond donors (Lipinski definition) is 1. The van der Waals surface area contributed by atoms with Crippen LogP contribution in [0.25, 0.3) is 0 Å². The summed E-state index contributed by atoms with van der Waals surface area (Å²) in [4.78, 5) is 10.1. The number of halogens is 1.